The Morgan fingerprint density at radius 3 is 2.72 bits per heavy atom. The minimum absolute atomic E-state index is 0.0710. The highest BCUT2D eigenvalue weighted by atomic mass is 16.1. The molecule has 4 rings (SSSR count). The van der Waals surface area contributed by atoms with E-state index in [0.29, 0.717) is 6.42 Å². The third kappa shape index (κ3) is 2.48. The average molecular weight is 334 g/mol. The molecular formula is C21H22N2O2. The Kier molecular flexibility index (Phi) is 3.92. The summed E-state index contributed by atoms with van der Waals surface area (Å²) in [7, 11) is 1.96. The number of carbonyl (C=O) groups excluding carboxylic acids is 2. The van der Waals surface area contributed by atoms with Gasteiger partial charge in [0.05, 0.1) is 0 Å². The SMILES string of the molecule is CNCCCn1c2ccc(C(C)=O)cc2c2c3c(ccc21)C(=O)CC3. The van der Waals surface area contributed by atoms with Gasteiger partial charge in [-0.2, -0.15) is 0 Å². The van der Waals surface area contributed by atoms with Crippen molar-refractivity contribution in [1.82, 2.24) is 9.88 Å². The van der Waals surface area contributed by atoms with Crippen LogP contribution in [-0.4, -0.2) is 29.7 Å². The third-order valence-corrected chi connectivity index (χ3v) is 5.26. The summed E-state index contributed by atoms with van der Waals surface area (Å²) in [6.07, 6.45) is 2.42. The summed E-state index contributed by atoms with van der Waals surface area (Å²) in [5.74, 6) is 0.303. The highest BCUT2D eigenvalue weighted by Crippen LogP contribution is 2.37. The molecular weight excluding hydrogens is 312 g/mol. The zero-order valence-electron chi connectivity index (χ0n) is 14.7. The Balaban J connectivity index is 2.03. The van der Waals surface area contributed by atoms with E-state index in [2.05, 4.69) is 22.0 Å². The largest absolute Gasteiger partial charge is 0.340 e. The minimum atomic E-state index is 0.0710. The second-order valence-corrected chi connectivity index (χ2v) is 6.81. The summed E-state index contributed by atoms with van der Waals surface area (Å²) in [5, 5.41) is 5.45. The number of ketones is 2. The molecule has 25 heavy (non-hydrogen) atoms. The molecule has 1 N–H and O–H groups in total. The predicted molar refractivity (Wildman–Crippen MR) is 101 cm³/mol. The maximum atomic E-state index is 12.2. The number of nitrogens with one attached hydrogen (secondary N) is 1. The fourth-order valence-corrected chi connectivity index (χ4v) is 4.03. The van der Waals surface area contributed by atoms with Crippen molar-refractivity contribution < 1.29 is 9.59 Å². The number of benzene rings is 2. The van der Waals surface area contributed by atoms with E-state index in [1.807, 2.05) is 25.2 Å². The average Bonchev–Trinajstić information content (AvgIpc) is 3.13. The summed E-state index contributed by atoms with van der Waals surface area (Å²) in [6, 6.07) is 10.0. The third-order valence-electron chi connectivity index (χ3n) is 5.26. The molecule has 0 saturated heterocycles. The second kappa shape index (κ2) is 6.12. The van der Waals surface area contributed by atoms with Crippen molar-refractivity contribution in [2.45, 2.75) is 32.7 Å². The van der Waals surface area contributed by atoms with Crippen molar-refractivity contribution in [3.8, 4) is 0 Å². The molecule has 128 valence electrons. The Hall–Kier alpha value is -2.46. The maximum Gasteiger partial charge on any atom is 0.163 e. The number of carbonyl (C=O) groups is 2. The van der Waals surface area contributed by atoms with Gasteiger partial charge < -0.3 is 9.88 Å². The lowest BCUT2D eigenvalue weighted by Gasteiger charge is -2.08. The molecule has 0 unspecified atom stereocenters. The summed E-state index contributed by atoms with van der Waals surface area (Å²) >= 11 is 0. The van der Waals surface area contributed by atoms with Crippen LogP contribution < -0.4 is 5.32 Å². The van der Waals surface area contributed by atoms with Crippen LogP contribution in [0.5, 0.6) is 0 Å². The van der Waals surface area contributed by atoms with Crippen LogP contribution in [0.1, 0.15) is 46.0 Å². The number of aryl methyl sites for hydroxylation is 2. The van der Waals surface area contributed by atoms with Crippen molar-refractivity contribution in [2.75, 3.05) is 13.6 Å². The van der Waals surface area contributed by atoms with Gasteiger partial charge in [-0.3, -0.25) is 9.59 Å². The summed E-state index contributed by atoms with van der Waals surface area (Å²) in [6.45, 7) is 3.46. The highest BCUT2D eigenvalue weighted by molar-refractivity contribution is 6.16. The first kappa shape index (κ1) is 16.0. The Labute approximate surface area is 146 Å². The highest BCUT2D eigenvalue weighted by Gasteiger charge is 2.24. The molecule has 0 aliphatic heterocycles. The maximum absolute atomic E-state index is 12.2. The number of nitrogens with zero attached hydrogens (tertiary/aromatic N) is 1. The lowest BCUT2D eigenvalue weighted by atomic mass is 10.0. The van der Waals surface area contributed by atoms with Gasteiger partial charge in [-0.05, 0) is 69.3 Å². The van der Waals surface area contributed by atoms with E-state index in [4.69, 9.17) is 0 Å². The van der Waals surface area contributed by atoms with Crippen LogP contribution >= 0.6 is 0 Å². The number of fused-ring (bicyclic) bond motifs is 5. The van der Waals surface area contributed by atoms with E-state index in [9.17, 15) is 9.59 Å². The molecule has 1 aromatic heterocycles. The van der Waals surface area contributed by atoms with Gasteiger partial charge in [0, 0.05) is 45.9 Å². The molecule has 4 heteroatoms. The zero-order valence-corrected chi connectivity index (χ0v) is 14.7. The molecule has 1 aliphatic rings. The molecule has 0 saturated carbocycles. The predicted octanol–water partition coefficient (Wildman–Crippen LogP) is 3.74. The van der Waals surface area contributed by atoms with Gasteiger partial charge in [0.15, 0.2) is 11.6 Å². The standard InChI is InChI=1S/C21H22N2O2/c1-13(24)14-4-7-18-17(12-14)21-16-6-9-20(25)15(16)5-8-19(21)23(18)11-3-10-22-2/h4-5,7-8,12,22H,3,6,9-11H2,1-2H3. The molecule has 0 fully saturated rings. The van der Waals surface area contributed by atoms with E-state index in [0.717, 1.165) is 58.9 Å². The van der Waals surface area contributed by atoms with Crippen LogP contribution in [0.4, 0.5) is 0 Å². The van der Waals surface area contributed by atoms with Crippen LogP contribution in [0, 0.1) is 0 Å². The fourth-order valence-electron chi connectivity index (χ4n) is 4.03. The van der Waals surface area contributed by atoms with Crippen LogP contribution in [0.3, 0.4) is 0 Å². The molecule has 2 aromatic carbocycles. The molecule has 0 amide bonds. The summed E-state index contributed by atoms with van der Waals surface area (Å²) < 4.78 is 2.33. The van der Waals surface area contributed by atoms with Gasteiger partial charge in [-0.1, -0.05) is 0 Å². The zero-order chi connectivity index (χ0) is 17.6. The number of hydrogen-bond donors (Lipinski definition) is 1. The Morgan fingerprint density at radius 1 is 1.16 bits per heavy atom. The van der Waals surface area contributed by atoms with Crippen molar-refractivity contribution in [3.63, 3.8) is 0 Å². The molecule has 1 heterocycles. The molecule has 4 nitrogen and oxygen atoms in total. The molecule has 0 bridgehead atoms. The minimum Gasteiger partial charge on any atom is -0.340 e. The van der Waals surface area contributed by atoms with Crippen molar-refractivity contribution >= 4 is 33.4 Å². The first-order chi connectivity index (χ1) is 12.1. The lowest BCUT2D eigenvalue weighted by molar-refractivity contribution is 0.0991. The van der Waals surface area contributed by atoms with Crippen molar-refractivity contribution in [3.05, 3.63) is 47.0 Å². The van der Waals surface area contributed by atoms with Crippen LogP contribution in [0.15, 0.2) is 30.3 Å². The molecule has 3 aromatic rings. The van der Waals surface area contributed by atoms with Gasteiger partial charge in [-0.15, -0.1) is 0 Å². The van der Waals surface area contributed by atoms with Crippen LogP contribution in [0.2, 0.25) is 0 Å². The summed E-state index contributed by atoms with van der Waals surface area (Å²) in [5.41, 5.74) is 5.04. The van der Waals surface area contributed by atoms with E-state index >= 15 is 0 Å². The number of rotatable bonds is 5. The Morgan fingerprint density at radius 2 is 1.96 bits per heavy atom. The van der Waals surface area contributed by atoms with E-state index in [-0.39, 0.29) is 11.6 Å². The molecule has 1 aliphatic carbocycles. The molecule has 0 radical (unpaired) electrons. The second-order valence-electron chi connectivity index (χ2n) is 6.81. The molecule has 0 spiro atoms. The van der Waals surface area contributed by atoms with E-state index in [1.54, 1.807) is 6.92 Å². The van der Waals surface area contributed by atoms with E-state index < -0.39 is 0 Å². The lowest BCUT2D eigenvalue weighted by Crippen LogP contribution is -2.11. The summed E-state index contributed by atoms with van der Waals surface area (Å²) in [4.78, 5) is 24.0. The van der Waals surface area contributed by atoms with Crippen LogP contribution in [0.25, 0.3) is 21.8 Å². The van der Waals surface area contributed by atoms with Gasteiger partial charge >= 0.3 is 0 Å². The van der Waals surface area contributed by atoms with Gasteiger partial charge in [0.2, 0.25) is 0 Å². The fraction of sp³-hybridized carbons (Fsp3) is 0.333. The van der Waals surface area contributed by atoms with Crippen molar-refractivity contribution in [1.29, 1.82) is 0 Å². The Bertz CT molecular complexity index is 1010. The molecule has 0 atom stereocenters. The quantitative estimate of drug-likeness (QED) is 0.571. The van der Waals surface area contributed by atoms with Gasteiger partial charge in [0.25, 0.3) is 0 Å². The topological polar surface area (TPSA) is 51.1 Å². The monoisotopic (exact) mass is 334 g/mol. The van der Waals surface area contributed by atoms with Gasteiger partial charge in [0.1, 0.15) is 0 Å². The normalized spacial score (nSPS) is 13.8. The number of aromatic nitrogens is 1. The van der Waals surface area contributed by atoms with E-state index in [1.165, 1.54) is 5.52 Å². The smallest absolute Gasteiger partial charge is 0.163 e. The van der Waals surface area contributed by atoms with Gasteiger partial charge in [-0.25, -0.2) is 0 Å². The first-order valence-corrected chi connectivity index (χ1v) is 8.88. The van der Waals surface area contributed by atoms with Crippen molar-refractivity contribution in [2.24, 2.45) is 0 Å². The number of Topliss-reactive ketones (excluding diaryl/α,β-unsaturated/α-hetero) is 2. The number of hydrogen-bond acceptors (Lipinski definition) is 3. The van der Waals surface area contributed by atoms with Crippen LogP contribution in [-0.2, 0) is 13.0 Å². The first-order valence-electron chi connectivity index (χ1n) is 8.88.